The van der Waals surface area contributed by atoms with Gasteiger partial charge < -0.3 is 11.1 Å². The lowest BCUT2D eigenvalue weighted by molar-refractivity contribution is -0.284. The van der Waals surface area contributed by atoms with Crippen LogP contribution in [0, 0.1) is 12.3 Å². The maximum Gasteiger partial charge on any atom is 0.453 e. The highest BCUT2D eigenvalue weighted by Crippen LogP contribution is 2.41. The monoisotopic (exact) mass is 466 g/mol. The van der Waals surface area contributed by atoms with Crippen LogP contribution >= 0.6 is 0 Å². The lowest BCUT2D eigenvalue weighted by Gasteiger charge is -2.19. The van der Waals surface area contributed by atoms with E-state index in [1.165, 1.54) is 24.9 Å². The predicted molar refractivity (Wildman–Crippen MR) is 106 cm³/mol. The molecule has 0 saturated heterocycles. The minimum atomic E-state index is -5.70. The number of nitrogens with two attached hydrogens (primary N) is 1. The number of nitrogen functional groups attached to an aromatic ring is 1. The second-order valence-electron chi connectivity index (χ2n) is 7.58. The van der Waals surface area contributed by atoms with Crippen molar-refractivity contribution in [2.75, 3.05) is 11.1 Å². The molecule has 3 aromatic rings. The number of halogens is 5. The Morgan fingerprint density at radius 1 is 1.21 bits per heavy atom. The van der Waals surface area contributed by atoms with Gasteiger partial charge in [0.05, 0.1) is 17.1 Å². The van der Waals surface area contributed by atoms with Crippen molar-refractivity contribution in [3.63, 3.8) is 0 Å². The van der Waals surface area contributed by atoms with Gasteiger partial charge in [-0.2, -0.15) is 27.1 Å². The number of anilines is 2. The quantitative estimate of drug-likeness (QED) is 0.447. The Balaban J connectivity index is 1.83. The Morgan fingerprint density at radius 3 is 2.55 bits per heavy atom. The van der Waals surface area contributed by atoms with Crippen LogP contribution in [-0.2, 0) is 23.7 Å². The summed E-state index contributed by atoms with van der Waals surface area (Å²) >= 11 is 0. The van der Waals surface area contributed by atoms with Crippen LogP contribution in [-0.4, -0.2) is 47.7 Å². The number of amides is 1. The molecule has 9 nitrogen and oxygen atoms in total. The SMILES string of the molecule is C#CC1(C)C(=O)Nc2nc(-c3nc(CCC(F)(F)C(F)(F)F)nc4c3cnn4C)nc(N)c21. The van der Waals surface area contributed by atoms with Crippen LogP contribution in [0.15, 0.2) is 6.20 Å². The Morgan fingerprint density at radius 2 is 1.91 bits per heavy atom. The van der Waals surface area contributed by atoms with Gasteiger partial charge in [0.15, 0.2) is 11.5 Å². The number of rotatable bonds is 4. The van der Waals surface area contributed by atoms with Gasteiger partial charge in [0.25, 0.3) is 0 Å². The average Bonchev–Trinajstić information content (AvgIpc) is 3.22. The van der Waals surface area contributed by atoms with E-state index in [-0.39, 0.29) is 40.2 Å². The number of nitrogens with one attached hydrogen (secondary N) is 1. The molecule has 0 saturated carbocycles. The highest BCUT2D eigenvalue weighted by atomic mass is 19.4. The van der Waals surface area contributed by atoms with E-state index in [0.717, 1.165) is 0 Å². The van der Waals surface area contributed by atoms with Gasteiger partial charge >= 0.3 is 12.1 Å². The van der Waals surface area contributed by atoms with Gasteiger partial charge in [-0.25, -0.2) is 19.9 Å². The molecule has 4 heterocycles. The zero-order valence-corrected chi connectivity index (χ0v) is 17.1. The molecule has 3 aromatic heterocycles. The molecule has 0 aliphatic carbocycles. The van der Waals surface area contributed by atoms with E-state index in [2.05, 4.69) is 36.3 Å². The van der Waals surface area contributed by atoms with Gasteiger partial charge in [-0.15, -0.1) is 6.42 Å². The van der Waals surface area contributed by atoms with Crippen LogP contribution in [0.4, 0.5) is 33.6 Å². The normalized spacial score (nSPS) is 18.3. The Labute approximate surface area is 182 Å². The molecule has 0 spiro atoms. The second kappa shape index (κ2) is 7.06. The van der Waals surface area contributed by atoms with Gasteiger partial charge in [0.2, 0.25) is 5.91 Å². The van der Waals surface area contributed by atoms with Crippen LogP contribution < -0.4 is 11.1 Å². The molecule has 0 fully saturated rings. The van der Waals surface area contributed by atoms with Crippen LogP contribution in [0.2, 0.25) is 0 Å². The number of carbonyl (C=O) groups is 1. The zero-order chi connectivity index (χ0) is 24.3. The van der Waals surface area contributed by atoms with Crippen LogP contribution in [0.5, 0.6) is 0 Å². The summed E-state index contributed by atoms with van der Waals surface area (Å²) in [4.78, 5) is 28.9. The van der Waals surface area contributed by atoms with Gasteiger partial charge in [-0.3, -0.25) is 9.48 Å². The first-order chi connectivity index (χ1) is 15.3. The second-order valence-corrected chi connectivity index (χ2v) is 7.58. The van der Waals surface area contributed by atoms with Gasteiger partial charge in [-0.1, -0.05) is 5.92 Å². The highest BCUT2D eigenvalue weighted by molar-refractivity contribution is 6.09. The summed E-state index contributed by atoms with van der Waals surface area (Å²) in [5, 5.41) is 6.83. The van der Waals surface area contributed by atoms with E-state index < -0.39 is 36.3 Å². The Kier molecular flexibility index (Phi) is 4.77. The van der Waals surface area contributed by atoms with Crippen molar-refractivity contribution in [3.8, 4) is 23.9 Å². The summed E-state index contributed by atoms with van der Waals surface area (Å²) < 4.78 is 65.8. The molecule has 1 amide bonds. The number of nitrogens with zero attached hydrogens (tertiary/aromatic N) is 6. The molecule has 0 bridgehead atoms. The first-order valence-corrected chi connectivity index (χ1v) is 9.39. The van der Waals surface area contributed by atoms with Crippen molar-refractivity contribution in [2.24, 2.45) is 7.05 Å². The number of terminal acetylenes is 1. The standard InChI is InChI=1S/C19H15F5N8O/c1-4-17(2)10-12(25)29-14(30-13(10)31-16(17)33)11-8-7-26-32(3)15(8)28-9(27-11)5-6-18(20,21)19(22,23)24/h1,7H,5-6H2,2-3H3,(H3,25,29,30,31,33). The summed E-state index contributed by atoms with van der Waals surface area (Å²) in [7, 11) is 1.50. The molecule has 1 aliphatic rings. The van der Waals surface area contributed by atoms with Gasteiger partial charge in [-0.05, 0) is 6.92 Å². The number of aryl methyl sites for hydroxylation is 2. The fraction of sp³-hybridized carbons (Fsp3) is 0.368. The van der Waals surface area contributed by atoms with Crippen molar-refractivity contribution in [3.05, 3.63) is 17.6 Å². The summed E-state index contributed by atoms with van der Waals surface area (Å²) in [6.07, 6.45) is -1.19. The maximum absolute atomic E-state index is 13.4. The highest BCUT2D eigenvalue weighted by Gasteiger charge is 2.56. The molecule has 14 heteroatoms. The van der Waals surface area contributed by atoms with E-state index in [9.17, 15) is 26.7 Å². The maximum atomic E-state index is 13.4. The third-order valence-electron chi connectivity index (χ3n) is 5.34. The van der Waals surface area contributed by atoms with Crippen molar-refractivity contribution in [1.29, 1.82) is 0 Å². The third-order valence-corrected chi connectivity index (χ3v) is 5.34. The summed E-state index contributed by atoms with van der Waals surface area (Å²) in [5.41, 5.74) is 5.00. The van der Waals surface area contributed by atoms with E-state index in [1.807, 2.05) is 0 Å². The van der Waals surface area contributed by atoms with Crippen LogP contribution in [0.25, 0.3) is 22.6 Å². The summed E-state index contributed by atoms with van der Waals surface area (Å²) in [6.45, 7) is 1.47. The molecular weight excluding hydrogens is 451 g/mol. The molecular formula is C19H15F5N8O. The molecule has 1 unspecified atom stereocenters. The molecule has 172 valence electrons. The van der Waals surface area contributed by atoms with E-state index >= 15 is 0 Å². The van der Waals surface area contributed by atoms with Crippen molar-refractivity contribution >= 4 is 28.6 Å². The number of hydrogen-bond donors (Lipinski definition) is 2. The van der Waals surface area contributed by atoms with Crippen LogP contribution in [0.1, 0.15) is 24.7 Å². The zero-order valence-electron chi connectivity index (χ0n) is 17.1. The molecule has 0 aromatic carbocycles. The Hall–Kier alpha value is -3.89. The molecule has 4 rings (SSSR count). The van der Waals surface area contributed by atoms with Crippen molar-refractivity contribution < 1.29 is 26.7 Å². The predicted octanol–water partition coefficient (Wildman–Crippen LogP) is 2.38. The fourth-order valence-electron chi connectivity index (χ4n) is 3.41. The van der Waals surface area contributed by atoms with E-state index in [1.54, 1.807) is 0 Å². The first kappa shape index (κ1) is 22.3. The molecule has 3 N–H and O–H groups in total. The number of carbonyl (C=O) groups excluding carboxylic acids is 1. The molecule has 0 radical (unpaired) electrons. The van der Waals surface area contributed by atoms with Crippen LogP contribution in [0.3, 0.4) is 0 Å². The number of alkyl halides is 5. The minimum absolute atomic E-state index is 0.00325. The average molecular weight is 466 g/mol. The largest absolute Gasteiger partial charge is 0.453 e. The fourth-order valence-corrected chi connectivity index (χ4v) is 3.41. The molecule has 33 heavy (non-hydrogen) atoms. The smallest absolute Gasteiger partial charge is 0.383 e. The topological polar surface area (TPSA) is 124 Å². The Bertz CT molecular complexity index is 1340. The number of hydrogen-bond acceptors (Lipinski definition) is 7. The van der Waals surface area contributed by atoms with Crippen molar-refractivity contribution in [2.45, 2.75) is 37.3 Å². The first-order valence-electron chi connectivity index (χ1n) is 9.39. The third kappa shape index (κ3) is 3.40. The summed E-state index contributed by atoms with van der Waals surface area (Å²) in [5.74, 6) is -3.59. The minimum Gasteiger partial charge on any atom is -0.383 e. The molecule has 1 aliphatic heterocycles. The summed E-state index contributed by atoms with van der Waals surface area (Å²) in [6, 6.07) is 0. The molecule has 1 atom stereocenters. The lowest BCUT2D eigenvalue weighted by Crippen LogP contribution is -2.36. The van der Waals surface area contributed by atoms with E-state index in [4.69, 9.17) is 12.2 Å². The number of fused-ring (bicyclic) bond motifs is 2. The van der Waals surface area contributed by atoms with Gasteiger partial charge in [0, 0.05) is 19.9 Å². The van der Waals surface area contributed by atoms with E-state index in [0.29, 0.717) is 5.39 Å². The van der Waals surface area contributed by atoms with Gasteiger partial charge in [0.1, 0.15) is 28.6 Å². The van der Waals surface area contributed by atoms with Crippen molar-refractivity contribution in [1.82, 2.24) is 29.7 Å². The lowest BCUT2D eigenvalue weighted by atomic mass is 9.86. The number of aromatic nitrogens is 6.